The Morgan fingerprint density at radius 1 is 0.976 bits per heavy atom. The first kappa shape index (κ1) is 30.4. The van der Waals surface area contributed by atoms with Gasteiger partial charge in [-0.25, -0.2) is 9.79 Å². The molecule has 0 saturated carbocycles. The molecule has 0 aromatic heterocycles. The number of benzene rings is 3. The van der Waals surface area contributed by atoms with Crippen molar-refractivity contribution in [2.45, 2.75) is 19.8 Å². The molecule has 1 N–H and O–H groups in total. The Hall–Kier alpha value is -4.56. The monoisotopic (exact) mass is 587 g/mol. The summed E-state index contributed by atoms with van der Waals surface area (Å²) in [6, 6.07) is 21.0. The van der Waals surface area contributed by atoms with Crippen LogP contribution in [0.25, 0.3) is 0 Å². The fraction of sp³-hybridized carbons (Fsp3) is 0.242. The average molecular weight is 588 g/mol. The number of ether oxygens (including phenoxy) is 3. The Labute approximate surface area is 251 Å². The lowest BCUT2D eigenvalue weighted by Crippen LogP contribution is -2.34. The van der Waals surface area contributed by atoms with Gasteiger partial charge < -0.3 is 24.4 Å². The maximum Gasteiger partial charge on any atom is 0.337 e. The number of carbonyl (C=O) groups excluding carboxylic acids is 2. The van der Waals surface area contributed by atoms with Crippen LogP contribution < -0.4 is 14.8 Å². The van der Waals surface area contributed by atoms with E-state index in [1.165, 1.54) is 7.11 Å². The van der Waals surface area contributed by atoms with Crippen LogP contribution in [-0.2, 0) is 4.74 Å². The van der Waals surface area contributed by atoms with Gasteiger partial charge in [-0.05, 0) is 111 Å². The second-order valence-electron chi connectivity index (χ2n) is 9.83. The second kappa shape index (κ2) is 14.9. The molecule has 0 atom stereocenters. The Kier molecular flexibility index (Phi) is 10.8. The predicted molar refractivity (Wildman–Crippen MR) is 164 cm³/mol. The summed E-state index contributed by atoms with van der Waals surface area (Å²) in [5, 5.41) is 3.54. The summed E-state index contributed by atoms with van der Waals surface area (Å²) < 4.78 is 16.5. The topological polar surface area (TPSA) is 89.5 Å². The highest BCUT2D eigenvalue weighted by Gasteiger charge is 2.21. The summed E-state index contributed by atoms with van der Waals surface area (Å²) in [5.41, 5.74) is 1.66. The zero-order chi connectivity index (χ0) is 29.9. The van der Waals surface area contributed by atoms with E-state index in [-0.39, 0.29) is 11.9 Å². The number of esters is 1. The zero-order valence-electron chi connectivity index (χ0n) is 23.7. The van der Waals surface area contributed by atoms with Crippen molar-refractivity contribution in [3.05, 3.63) is 113 Å². The largest absolute Gasteiger partial charge is 0.493 e. The number of piperidine rings is 1. The maximum atomic E-state index is 12.7. The third-order valence-corrected chi connectivity index (χ3v) is 7.05. The summed E-state index contributed by atoms with van der Waals surface area (Å²) in [6.45, 7) is 7.75. The van der Waals surface area contributed by atoms with Crippen molar-refractivity contribution >= 4 is 30.2 Å². The highest BCUT2D eigenvalue weighted by molar-refractivity contribution is 6.30. The quantitative estimate of drug-likeness (QED) is 0.149. The summed E-state index contributed by atoms with van der Waals surface area (Å²) >= 11 is 5.91. The average Bonchev–Trinajstić information content (AvgIpc) is 3.02. The van der Waals surface area contributed by atoms with Crippen molar-refractivity contribution in [3.63, 3.8) is 0 Å². The van der Waals surface area contributed by atoms with Crippen molar-refractivity contribution in [2.24, 2.45) is 10.9 Å². The molecule has 8 nitrogen and oxygen atoms in total. The first-order chi connectivity index (χ1) is 20.3. The number of hydrogen-bond donors (Lipinski definition) is 1. The van der Waals surface area contributed by atoms with Gasteiger partial charge in [0.05, 0.1) is 19.3 Å². The van der Waals surface area contributed by atoms with Crippen molar-refractivity contribution in [1.29, 1.82) is 0 Å². The molecule has 3 aromatic rings. The molecule has 0 bridgehead atoms. The van der Waals surface area contributed by atoms with Crippen LogP contribution in [0.2, 0.25) is 5.02 Å². The number of rotatable bonds is 11. The van der Waals surface area contributed by atoms with Crippen LogP contribution in [0.4, 0.5) is 0 Å². The molecule has 9 heteroatoms. The number of aliphatic imine (C=N–C) groups is 1. The smallest absolute Gasteiger partial charge is 0.337 e. The zero-order valence-corrected chi connectivity index (χ0v) is 24.5. The Morgan fingerprint density at radius 3 is 2.29 bits per heavy atom. The third-order valence-electron chi connectivity index (χ3n) is 6.80. The van der Waals surface area contributed by atoms with E-state index in [4.69, 9.17) is 25.8 Å². The van der Waals surface area contributed by atoms with Crippen LogP contribution in [-0.4, -0.2) is 50.3 Å². The van der Waals surface area contributed by atoms with E-state index >= 15 is 0 Å². The molecule has 1 aliphatic heterocycles. The molecule has 1 aliphatic rings. The summed E-state index contributed by atoms with van der Waals surface area (Å²) in [7, 11) is 1.36. The first-order valence-electron chi connectivity index (χ1n) is 13.6. The maximum absolute atomic E-state index is 12.7. The minimum Gasteiger partial charge on any atom is -0.493 e. The van der Waals surface area contributed by atoms with Gasteiger partial charge in [0.1, 0.15) is 23.1 Å². The standard InChI is InChI=1S/C33H34ClN3O5/c1-23(36-32(38)25-8-12-28(13-9-25)42-29-14-10-27(34)11-15-29)7-16-31(35-2)37-19-17-24(18-20-37)22-41-30-6-4-5-26(21-30)33(39)40-3/h4-16,21,24H,2,17-20,22H2,1,3H3,(H,36,38)/b23-7+,31-16+. The van der Waals surface area contributed by atoms with E-state index in [1.807, 2.05) is 25.1 Å². The van der Waals surface area contributed by atoms with Crippen molar-refractivity contribution in [2.75, 3.05) is 26.8 Å². The van der Waals surface area contributed by atoms with Crippen molar-refractivity contribution in [3.8, 4) is 17.2 Å². The van der Waals surface area contributed by atoms with Gasteiger partial charge in [0.25, 0.3) is 5.91 Å². The molecule has 0 unspecified atom stereocenters. The summed E-state index contributed by atoms with van der Waals surface area (Å²) in [4.78, 5) is 30.9. The molecule has 0 spiro atoms. The minimum atomic E-state index is -0.385. The Bertz CT molecular complexity index is 1440. The second-order valence-corrected chi connectivity index (χ2v) is 10.3. The molecule has 0 radical (unpaired) electrons. The van der Waals surface area contributed by atoms with Crippen LogP contribution in [0.15, 0.2) is 101 Å². The van der Waals surface area contributed by atoms with E-state index in [9.17, 15) is 9.59 Å². The number of methoxy groups -OCH3 is 1. The molecule has 0 aliphatic carbocycles. The molecule has 1 amide bonds. The van der Waals surface area contributed by atoms with Crippen LogP contribution >= 0.6 is 11.6 Å². The number of nitrogens with zero attached hydrogens (tertiary/aromatic N) is 2. The fourth-order valence-corrected chi connectivity index (χ4v) is 4.56. The predicted octanol–water partition coefficient (Wildman–Crippen LogP) is 6.89. The molecule has 1 fully saturated rings. The van der Waals surface area contributed by atoms with Gasteiger partial charge in [0.15, 0.2) is 0 Å². The van der Waals surface area contributed by atoms with Gasteiger partial charge in [0.2, 0.25) is 0 Å². The number of allylic oxidation sites excluding steroid dienone is 3. The number of nitrogens with one attached hydrogen (secondary N) is 1. The highest BCUT2D eigenvalue weighted by atomic mass is 35.5. The lowest BCUT2D eigenvalue weighted by atomic mass is 9.98. The fourth-order valence-electron chi connectivity index (χ4n) is 4.44. The number of halogens is 1. The van der Waals surface area contributed by atoms with Gasteiger partial charge >= 0.3 is 5.97 Å². The van der Waals surface area contributed by atoms with E-state index in [1.54, 1.807) is 66.7 Å². The van der Waals surface area contributed by atoms with Gasteiger partial charge in [0, 0.05) is 29.4 Å². The first-order valence-corrected chi connectivity index (χ1v) is 14.0. The van der Waals surface area contributed by atoms with E-state index in [2.05, 4.69) is 21.9 Å². The summed E-state index contributed by atoms with van der Waals surface area (Å²) in [6.07, 6.45) is 5.55. The van der Waals surface area contributed by atoms with Crippen molar-refractivity contribution in [1.82, 2.24) is 10.2 Å². The lowest BCUT2D eigenvalue weighted by Gasteiger charge is -2.33. The van der Waals surface area contributed by atoms with E-state index in [0.29, 0.717) is 51.6 Å². The van der Waals surface area contributed by atoms with Crippen LogP contribution in [0.3, 0.4) is 0 Å². The molecule has 218 valence electrons. The van der Waals surface area contributed by atoms with Crippen molar-refractivity contribution < 1.29 is 23.8 Å². The highest BCUT2D eigenvalue weighted by Crippen LogP contribution is 2.25. The van der Waals surface area contributed by atoms with Crippen LogP contribution in [0, 0.1) is 5.92 Å². The number of likely N-dealkylation sites (tertiary alicyclic amines) is 1. The molecule has 1 saturated heterocycles. The molecule has 3 aromatic carbocycles. The normalized spacial score (nSPS) is 14.2. The van der Waals surface area contributed by atoms with Gasteiger partial charge in [-0.2, -0.15) is 0 Å². The minimum absolute atomic E-state index is 0.221. The van der Waals surface area contributed by atoms with E-state index in [0.717, 1.165) is 31.8 Å². The molecule has 1 heterocycles. The molecular weight excluding hydrogens is 554 g/mol. The third kappa shape index (κ3) is 8.72. The molecular formula is C33H34ClN3O5. The van der Waals surface area contributed by atoms with Gasteiger partial charge in [-0.15, -0.1) is 0 Å². The summed E-state index contributed by atoms with van der Waals surface area (Å²) in [5.74, 6) is 2.46. The van der Waals surface area contributed by atoms with Gasteiger partial charge in [-0.3, -0.25) is 4.79 Å². The number of amides is 1. The van der Waals surface area contributed by atoms with Gasteiger partial charge in [-0.1, -0.05) is 17.7 Å². The SMILES string of the molecule is C=N/C(=C\C=C(/C)NC(=O)c1ccc(Oc2ccc(Cl)cc2)cc1)N1CCC(COc2cccc(C(=O)OC)c2)CC1. The lowest BCUT2D eigenvalue weighted by molar-refractivity contribution is 0.0600. The number of hydrogen-bond acceptors (Lipinski definition) is 7. The number of carbonyl (C=O) groups is 2. The molecule has 4 rings (SSSR count). The van der Waals surface area contributed by atoms with Crippen LogP contribution in [0.1, 0.15) is 40.5 Å². The van der Waals surface area contributed by atoms with E-state index < -0.39 is 0 Å². The Morgan fingerprint density at radius 2 is 1.64 bits per heavy atom. The molecule has 42 heavy (non-hydrogen) atoms. The van der Waals surface area contributed by atoms with Crippen LogP contribution in [0.5, 0.6) is 17.2 Å². The Balaban J connectivity index is 1.25.